The van der Waals surface area contributed by atoms with Gasteiger partial charge in [0.05, 0.1) is 32.2 Å². The maximum absolute atomic E-state index is 12.7. The number of amides is 2. The minimum Gasteiger partial charge on any atom is -0.481 e. The van der Waals surface area contributed by atoms with Crippen molar-refractivity contribution >= 4 is 39.3 Å². The number of nitrogens with one attached hydrogen (secondary N) is 2. The fraction of sp³-hybridized carbons (Fsp3) is 0.312. The fourth-order valence-corrected chi connectivity index (χ4v) is 3.55. The van der Waals surface area contributed by atoms with E-state index in [0.717, 1.165) is 10.7 Å². The van der Waals surface area contributed by atoms with Gasteiger partial charge in [-0.05, 0) is 19.1 Å². The summed E-state index contributed by atoms with van der Waals surface area (Å²) in [5.41, 5.74) is 0.864. The van der Waals surface area contributed by atoms with Gasteiger partial charge in [0, 0.05) is 11.8 Å². The summed E-state index contributed by atoms with van der Waals surface area (Å²) < 4.78 is 38.3. The Balaban J connectivity index is 1.83. The van der Waals surface area contributed by atoms with Crippen LogP contribution in [0.2, 0.25) is 0 Å². The van der Waals surface area contributed by atoms with Gasteiger partial charge in [-0.1, -0.05) is 0 Å². The third kappa shape index (κ3) is 4.86. The van der Waals surface area contributed by atoms with E-state index in [9.17, 15) is 13.2 Å². The van der Waals surface area contributed by atoms with Gasteiger partial charge in [0.25, 0.3) is 10.0 Å². The topological polar surface area (TPSA) is 150 Å². The Bertz CT molecular complexity index is 1160. The molecule has 3 aromatic rings. The molecule has 2 amide bonds. The highest BCUT2D eigenvalue weighted by Gasteiger charge is 2.24. The second kappa shape index (κ2) is 8.67. The summed E-state index contributed by atoms with van der Waals surface area (Å²) in [7, 11) is -1.58. The Morgan fingerprint density at radius 1 is 1.23 bits per heavy atom. The Morgan fingerprint density at radius 3 is 2.50 bits per heavy atom. The lowest BCUT2D eigenvalue weighted by Crippen LogP contribution is -2.35. The zero-order valence-corrected chi connectivity index (χ0v) is 17.7. The standard InChI is InChI=1S/C16H18ClN7O5S/c1-9(17)6-10-4-5-11-18-8-14(24(11)22-10)30(26,27)23-16(25)21-15-19-12(28-2)7-13(20-15)29-3/h4-5,7-9H,6H2,1-3H3,(H2,19,20,21,23,25). The van der Waals surface area contributed by atoms with Crippen LogP contribution in [0.1, 0.15) is 12.6 Å². The summed E-state index contributed by atoms with van der Waals surface area (Å²) >= 11 is 5.98. The van der Waals surface area contributed by atoms with Crippen molar-refractivity contribution in [3.63, 3.8) is 0 Å². The molecule has 30 heavy (non-hydrogen) atoms. The number of hydrogen-bond donors (Lipinski definition) is 2. The van der Waals surface area contributed by atoms with E-state index in [-0.39, 0.29) is 28.1 Å². The van der Waals surface area contributed by atoms with Gasteiger partial charge < -0.3 is 9.47 Å². The number of carbonyl (C=O) groups is 1. The molecule has 0 aliphatic rings. The molecule has 1 unspecified atom stereocenters. The second-order valence-corrected chi connectivity index (χ2v) is 8.39. The quantitative estimate of drug-likeness (QED) is 0.501. The molecule has 1 atom stereocenters. The SMILES string of the molecule is COc1cc(OC)nc(NC(=O)NS(=O)(=O)c2cnc3ccc(CC(C)Cl)nn23)n1. The van der Waals surface area contributed by atoms with Crippen molar-refractivity contribution in [2.24, 2.45) is 0 Å². The zero-order valence-electron chi connectivity index (χ0n) is 16.2. The van der Waals surface area contributed by atoms with Gasteiger partial charge in [-0.15, -0.1) is 11.6 Å². The van der Waals surface area contributed by atoms with E-state index in [1.807, 2.05) is 4.72 Å². The van der Waals surface area contributed by atoms with Gasteiger partial charge in [0.1, 0.15) is 0 Å². The average molecular weight is 456 g/mol. The molecule has 0 aromatic carbocycles. The lowest BCUT2D eigenvalue weighted by Gasteiger charge is -2.09. The number of hydrogen-bond acceptors (Lipinski definition) is 9. The number of sulfonamides is 1. The Kier molecular flexibility index (Phi) is 6.22. The summed E-state index contributed by atoms with van der Waals surface area (Å²) in [6.07, 6.45) is 1.52. The molecule has 0 spiro atoms. The first-order chi connectivity index (χ1) is 14.2. The fourth-order valence-electron chi connectivity index (χ4n) is 2.44. The first-order valence-electron chi connectivity index (χ1n) is 8.50. The number of aromatic nitrogens is 5. The van der Waals surface area contributed by atoms with Gasteiger partial charge in [-0.2, -0.15) is 23.5 Å². The number of imidazole rings is 1. The van der Waals surface area contributed by atoms with Crippen LogP contribution in [-0.4, -0.2) is 58.6 Å². The van der Waals surface area contributed by atoms with Crippen molar-refractivity contribution in [1.82, 2.24) is 29.3 Å². The molecule has 160 valence electrons. The third-order valence-electron chi connectivity index (χ3n) is 3.70. The summed E-state index contributed by atoms with van der Waals surface area (Å²) in [5, 5.41) is 5.94. The Hall–Kier alpha value is -3.19. The van der Waals surface area contributed by atoms with Crippen molar-refractivity contribution in [2.45, 2.75) is 23.7 Å². The molecule has 3 aromatic heterocycles. The predicted octanol–water partition coefficient (Wildman–Crippen LogP) is 1.22. The van der Waals surface area contributed by atoms with Gasteiger partial charge >= 0.3 is 6.03 Å². The van der Waals surface area contributed by atoms with E-state index in [1.165, 1.54) is 20.3 Å². The van der Waals surface area contributed by atoms with Crippen LogP contribution in [0.15, 0.2) is 29.4 Å². The molecule has 2 N–H and O–H groups in total. The minimum absolute atomic E-state index is 0.118. The molecular formula is C16H18ClN7O5S. The van der Waals surface area contributed by atoms with E-state index in [4.69, 9.17) is 21.1 Å². The lowest BCUT2D eigenvalue weighted by molar-refractivity contribution is 0.256. The number of fused-ring (bicyclic) bond motifs is 1. The molecule has 0 saturated carbocycles. The van der Waals surface area contributed by atoms with Crippen LogP contribution < -0.4 is 19.5 Å². The van der Waals surface area contributed by atoms with Crippen LogP contribution in [0, 0.1) is 0 Å². The van der Waals surface area contributed by atoms with E-state index in [1.54, 1.807) is 19.1 Å². The molecule has 0 radical (unpaired) electrons. The smallest absolute Gasteiger partial charge is 0.335 e. The molecule has 14 heteroatoms. The van der Waals surface area contributed by atoms with Gasteiger partial charge in [-0.25, -0.2) is 19.0 Å². The number of halogens is 1. The number of anilines is 1. The molecule has 0 aliphatic carbocycles. The molecule has 0 aliphatic heterocycles. The zero-order chi connectivity index (χ0) is 21.9. The van der Waals surface area contributed by atoms with Crippen molar-refractivity contribution < 1.29 is 22.7 Å². The van der Waals surface area contributed by atoms with Crippen LogP contribution in [0.5, 0.6) is 11.8 Å². The number of nitrogens with zero attached hydrogens (tertiary/aromatic N) is 5. The normalized spacial score (nSPS) is 12.4. The highest BCUT2D eigenvalue weighted by atomic mass is 35.5. The largest absolute Gasteiger partial charge is 0.481 e. The van der Waals surface area contributed by atoms with Crippen molar-refractivity contribution in [3.8, 4) is 11.8 Å². The summed E-state index contributed by atoms with van der Waals surface area (Å²) in [4.78, 5) is 24.0. The van der Waals surface area contributed by atoms with E-state index >= 15 is 0 Å². The van der Waals surface area contributed by atoms with Crippen molar-refractivity contribution in [2.75, 3.05) is 19.5 Å². The number of rotatable bonds is 7. The highest BCUT2D eigenvalue weighted by molar-refractivity contribution is 7.90. The van der Waals surface area contributed by atoms with Crippen LogP contribution in [-0.2, 0) is 16.4 Å². The molecule has 0 fully saturated rings. The molecule has 3 rings (SSSR count). The highest BCUT2D eigenvalue weighted by Crippen LogP contribution is 2.18. The Labute approximate surface area is 176 Å². The number of ether oxygens (including phenoxy) is 2. The van der Waals surface area contributed by atoms with E-state index in [0.29, 0.717) is 17.8 Å². The maximum atomic E-state index is 12.7. The molecule has 12 nitrogen and oxygen atoms in total. The van der Waals surface area contributed by atoms with Crippen LogP contribution in [0.3, 0.4) is 0 Å². The summed E-state index contributed by atoms with van der Waals surface area (Å²) in [6.45, 7) is 1.79. The molecule has 0 bridgehead atoms. The summed E-state index contributed by atoms with van der Waals surface area (Å²) in [6, 6.07) is 3.61. The number of carbonyl (C=O) groups excluding carboxylic acids is 1. The monoisotopic (exact) mass is 455 g/mol. The third-order valence-corrected chi connectivity index (χ3v) is 5.14. The Morgan fingerprint density at radius 2 is 1.90 bits per heavy atom. The van der Waals surface area contributed by atoms with Crippen molar-refractivity contribution in [1.29, 1.82) is 0 Å². The molecule has 3 heterocycles. The number of methoxy groups -OCH3 is 2. The first kappa shape index (κ1) is 21.5. The average Bonchev–Trinajstić information content (AvgIpc) is 3.10. The minimum atomic E-state index is -4.31. The second-order valence-electron chi connectivity index (χ2n) is 6.01. The van der Waals surface area contributed by atoms with Crippen LogP contribution in [0.4, 0.5) is 10.7 Å². The van der Waals surface area contributed by atoms with Crippen molar-refractivity contribution in [3.05, 3.63) is 30.1 Å². The van der Waals surface area contributed by atoms with Crippen LogP contribution in [0.25, 0.3) is 5.65 Å². The predicted molar refractivity (Wildman–Crippen MR) is 106 cm³/mol. The maximum Gasteiger partial charge on any atom is 0.335 e. The van der Waals surface area contributed by atoms with Crippen LogP contribution >= 0.6 is 11.6 Å². The number of alkyl halides is 1. The first-order valence-corrected chi connectivity index (χ1v) is 10.4. The number of urea groups is 1. The molecular weight excluding hydrogens is 438 g/mol. The lowest BCUT2D eigenvalue weighted by atomic mass is 10.2. The molecule has 0 saturated heterocycles. The van der Waals surface area contributed by atoms with E-state index in [2.05, 4.69) is 25.4 Å². The van der Waals surface area contributed by atoms with E-state index < -0.39 is 16.1 Å². The summed E-state index contributed by atoms with van der Waals surface area (Å²) in [5.74, 6) is 0.0210. The van der Waals surface area contributed by atoms with Gasteiger partial charge in [0.15, 0.2) is 10.7 Å². The van der Waals surface area contributed by atoms with Gasteiger partial charge in [0.2, 0.25) is 17.7 Å². The van der Waals surface area contributed by atoms with Gasteiger partial charge in [-0.3, -0.25) is 5.32 Å².